The molecule has 0 fully saturated rings. The maximum Gasteiger partial charge on any atom is 0.259 e. The number of amides is 2. The zero-order valence-electron chi connectivity index (χ0n) is 15.7. The van der Waals surface area contributed by atoms with Gasteiger partial charge in [-0.3, -0.25) is 9.59 Å². The highest BCUT2D eigenvalue weighted by molar-refractivity contribution is 7.20. The van der Waals surface area contributed by atoms with Crippen LogP contribution in [0.1, 0.15) is 15.2 Å². The molecule has 0 saturated heterocycles. The van der Waals surface area contributed by atoms with Gasteiger partial charge in [0.25, 0.3) is 11.8 Å². The third-order valence-corrected chi connectivity index (χ3v) is 5.00. The van der Waals surface area contributed by atoms with E-state index in [1.54, 1.807) is 24.3 Å². The molecule has 0 atom stereocenters. The Morgan fingerprint density at radius 3 is 2.66 bits per heavy atom. The van der Waals surface area contributed by atoms with E-state index in [1.807, 2.05) is 6.07 Å². The van der Waals surface area contributed by atoms with E-state index in [2.05, 4.69) is 15.8 Å². The number of nitrogens with one attached hydrogen (secondary N) is 2. The summed E-state index contributed by atoms with van der Waals surface area (Å²) in [5.41, 5.74) is 2.65. The summed E-state index contributed by atoms with van der Waals surface area (Å²) in [5, 5.41) is 6.85. The van der Waals surface area contributed by atoms with E-state index in [4.69, 9.17) is 9.47 Å². The SMILES string of the molecule is COc1ccc(C(=O)NCC(=O)NN=Cc2cc3c(F)cccc3s2)cc1OC. The molecule has 2 aromatic carbocycles. The fourth-order valence-electron chi connectivity index (χ4n) is 2.56. The molecule has 150 valence electrons. The van der Waals surface area contributed by atoms with E-state index in [0.29, 0.717) is 27.3 Å². The normalized spacial score (nSPS) is 10.9. The number of hydrogen-bond donors (Lipinski definition) is 2. The molecule has 0 aliphatic rings. The summed E-state index contributed by atoms with van der Waals surface area (Å²) in [7, 11) is 2.97. The summed E-state index contributed by atoms with van der Waals surface area (Å²) in [4.78, 5) is 24.8. The Balaban J connectivity index is 1.53. The summed E-state index contributed by atoms with van der Waals surface area (Å²) in [6.07, 6.45) is 1.43. The highest BCUT2D eigenvalue weighted by Crippen LogP contribution is 2.27. The molecule has 7 nitrogen and oxygen atoms in total. The molecule has 9 heteroatoms. The van der Waals surface area contributed by atoms with Crippen LogP contribution >= 0.6 is 11.3 Å². The molecule has 0 bridgehead atoms. The molecule has 0 radical (unpaired) electrons. The number of methoxy groups -OCH3 is 2. The van der Waals surface area contributed by atoms with E-state index in [0.717, 1.165) is 4.70 Å². The fraction of sp³-hybridized carbons (Fsp3) is 0.150. The zero-order valence-corrected chi connectivity index (χ0v) is 16.5. The second-order valence-electron chi connectivity index (χ2n) is 5.85. The lowest BCUT2D eigenvalue weighted by Crippen LogP contribution is -2.34. The van der Waals surface area contributed by atoms with Crippen LogP contribution in [0.15, 0.2) is 47.6 Å². The minimum absolute atomic E-state index is 0.258. The second-order valence-corrected chi connectivity index (χ2v) is 6.96. The molecule has 0 spiro atoms. The van der Waals surface area contributed by atoms with Gasteiger partial charge in [0.05, 0.1) is 27.0 Å². The van der Waals surface area contributed by atoms with Crippen LogP contribution in [0, 0.1) is 5.82 Å². The number of carbonyl (C=O) groups is 2. The van der Waals surface area contributed by atoms with Crippen molar-refractivity contribution in [3.63, 3.8) is 0 Å². The molecule has 29 heavy (non-hydrogen) atoms. The van der Waals surface area contributed by atoms with Gasteiger partial charge >= 0.3 is 0 Å². The minimum Gasteiger partial charge on any atom is -0.493 e. The Bertz CT molecular complexity index is 1080. The Labute approximate surface area is 170 Å². The van der Waals surface area contributed by atoms with Crippen molar-refractivity contribution in [2.75, 3.05) is 20.8 Å². The summed E-state index contributed by atoms with van der Waals surface area (Å²) in [5.74, 6) is -0.334. The van der Waals surface area contributed by atoms with Gasteiger partial charge in [0, 0.05) is 20.5 Å². The van der Waals surface area contributed by atoms with Crippen molar-refractivity contribution in [1.29, 1.82) is 0 Å². The zero-order chi connectivity index (χ0) is 20.8. The van der Waals surface area contributed by atoms with Crippen LogP contribution in [-0.2, 0) is 4.79 Å². The van der Waals surface area contributed by atoms with Gasteiger partial charge in [-0.15, -0.1) is 11.3 Å². The summed E-state index contributed by atoms with van der Waals surface area (Å²) < 4.78 is 24.8. The molecule has 0 aliphatic heterocycles. The average Bonchev–Trinajstić information content (AvgIpc) is 3.15. The monoisotopic (exact) mass is 415 g/mol. The van der Waals surface area contributed by atoms with Crippen LogP contribution in [0.5, 0.6) is 11.5 Å². The second kappa shape index (κ2) is 9.16. The first-order valence-corrected chi connectivity index (χ1v) is 9.33. The van der Waals surface area contributed by atoms with Crippen molar-refractivity contribution in [1.82, 2.24) is 10.7 Å². The van der Waals surface area contributed by atoms with Gasteiger partial charge in [-0.05, 0) is 36.4 Å². The lowest BCUT2D eigenvalue weighted by atomic mass is 10.2. The number of hydrazone groups is 1. The third kappa shape index (κ3) is 4.88. The molecule has 3 rings (SSSR count). The first kappa shape index (κ1) is 20.3. The van der Waals surface area contributed by atoms with Crippen molar-refractivity contribution >= 4 is 39.5 Å². The van der Waals surface area contributed by atoms with E-state index >= 15 is 0 Å². The molecule has 2 amide bonds. The van der Waals surface area contributed by atoms with E-state index in [1.165, 1.54) is 43.9 Å². The summed E-state index contributed by atoms with van der Waals surface area (Å²) in [6.45, 7) is -0.258. The van der Waals surface area contributed by atoms with Crippen LogP contribution in [0.25, 0.3) is 10.1 Å². The van der Waals surface area contributed by atoms with Crippen LogP contribution in [0.3, 0.4) is 0 Å². The number of hydrogen-bond acceptors (Lipinski definition) is 6. The molecule has 1 heterocycles. The van der Waals surface area contributed by atoms with Crippen LogP contribution in [0.2, 0.25) is 0 Å². The van der Waals surface area contributed by atoms with E-state index < -0.39 is 11.8 Å². The minimum atomic E-state index is -0.498. The number of thiophene rings is 1. The fourth-order valence-corrected chi connectivity index (χ4v) is 3.51. The van der Waals surface area contributed by atoms with Crippen LogP contribution < -0.4 is 20.2 Å². The molecule has 0 aliphatic carbocycles. The first-order chi connectivity index (χ1) is 14.0. The van der Waals surface area contributed by atoms with Gasteiger partial charge in [0.15, 0.2) is 11.5 Å². The number of carbonyl (C=O) groups excluding carboxylic acids is 2. The number of nitrogens with zero attached hydrogens (tertiary/aromatic N) is 1. The molecular weight excluding hydrogens is 397 g/mol. The lowest BCUT2D eigenvalue weighted by molar-refractivity contribution is -0.120. The van der Waals surface area contributed by atoms with Crippen molar-refractivity contribution in [3.05, 3.63) is 58.7 Å². The molecule has 0 saturated carbocycles. The largest absolute Gasteiger partial charge is 0.493 e. The quantitative estimate of drug-likeness (QED) is 0.459. The summed E-state index contributed by atoms with van der Waals surface area (Å²) >= 11 is 1.35. The molecule has 2 N–H and O–H groups in total. The third-order valence-electron chi connectivity index (χ3n) is 3.96. The number of ether oxygens (including phenoxy) is 2. The predicted molar refractivity (Wildman–Crippen MR) is 109 cm³/mol. The Hall–Kier alpha value is -3.46. The first-order valence-electron chi connectivity index (χ1n) is 8.52. The van der Waals surface area contributed by atoms with Gasteiger partial charge in [0.2, 0.25) is 0 Å². The summed E-state index contributed by atoms with van der Waals surface area (Å²) in [6, 6.07) is 11.2. The number of halogens is 1. The molecule has 3 aromatic rings. The number of fused-ring (bicyclic) bond motifs is 1. The topological polar surface area (TPSA) is 89.0 Å². The lowest BCUT2D eigenvalue weighted by Gasteiger charge is -2.09. The molecule has 1 aromatic heterocycles. The van der Waals surface area contributed by atoms with Gasteiger partial charge in [-0.1, -0.05) is 6.07 Å². The number of benzene rings is 2. The van der Waals surface area contributed by atoms with Gasteiger partial charge in [0.1, 0.15) is 5.82 Å². The van der Waals surface area contributed by atoms with Crippen molar-refractivity contribution < 1.29 is 23.5 Å². The van der Waals surface area contributed by atoms with Crippen molar-refractivity contribution in [3.8, 4) is 11.5 Å². The van der Waals surface area contributed by atoms with E-state index in [-0.39, 0.29) is 12.4 Å². The average molecular weight is 415 g/mol. The molecule has 0 unspecified atom stereocenters. The van der Waals surface area contributed by atoms with Gasteiger partial charge in [-0.25, -0.2) is 9.82 Å². The van der Waals surface area contributed by atoms with Crippen LogP contribution in [-0.4, -0.2) is 38.8 Å². The van der Waals surface area contributed by atoms with Gasteiger partial charge < -0.3 is 14.8 Å². The highest BCUT2D eigenvalue weighted by atomic mass is 32.1. The number of rotatable bonds is 7. The molecular formula is C20H18FN3O4S. The maximum atomic E-state index is 13.7. The predicted octanol–water partition coefficient (Wildman–Crippen LogP) is 2.94. The Kier molecular flexibility index (Phi) is 6.40. The van der Waals surface area contributed by atoms with E-state index in [9.17, 15) is 14.0 Å². The Morgan fingerprint density at radius 2 is 1.93 bits per heavy atom. The van der Waals surface area contributed by atoms with Crippen molar-refractivity contribution in [2.24, 2.45) is 5.10 Å². The maximum absolute atomic E-state index is 13.7. The Morgan fingerprint density at radius 1 is 1.14 bits per heavy atom. The highest BCUT2D eigenvalue weighted by Gasteiger charge is 2.12. The smallest absolute Gasteiger partial charge is 0.259 e. The van der Waals surface area contributed by atoms with Crippen molar-refractivity contribution in [2.45, 2.75) is 0 Å². The van der Waals surface area contributed by atoms with Gasteiger partial charge in [-0.2, -0.15) is 5.10 Å². The standard InChI is InChI=1S/C20H18FN3O4S/c1-27-16-7-6-12(8-17(16)28-2)20(26)22-11-19(25)24-23-10-13-9-14-15(21)4-3-5-18(14)29-13/h3-10H,11H2,1-2H3,(H,22,26)(H,24,25). The van der Waals surface area contributed by atoms with Crippen LogP contribution in [0.4, 0.5) is 4.39 Å².